The summed E-state index contributed by atoms with van der Waals surface area (Å²) in [5.41, 5.74) is -0.302. The minimum absolute atomic E-state index is 0.155. The molecule has 3 rings (SSSR count). The molecule has 0 saturated carbocycles. The highest BCUT2D eigenvalue weighted by Crippen LogP contribution is 2.32. The molecule has 0 spiro atoms. The van der Waals surface area contributed by atoms with Gasteiger partial charge in [0.25, 0.3) is 0 Å². The molecule has 2 heterocycles. The fourth-order valence-electron chi connectivity index (χ4n) is 2.15. The Balaban J connectivity index is 2.07. The van der Waals surface area contributed by atoms with E-state index in [0.29, 0.717) is 11.3 Å². The van der Waals surface area contributed by atoms with Gasteiger partial charge in [-0.05, 0) is 24.6 Å². The quantitative estimate of drug-likeness (QED) is 0.802. The van der Waals surface area contributed by atoms with Crippen LogP contribution in [0.4, 0.5) is 4.39 Å². The van der Waals surface area contributed by atoms with E-state index in [2.05, 4.69) is 15.1 Å². The number of thiazole rings is 1. The van der Waals surface area contributed by atoms with Crippen molar-refractivity contribution in [2.45, 2.75) is 19.1 Å². The summed E-state index contributed by atoms with van der Waals surface area (Å²) in [6, 6.07) is 5.75. The van der Waals surface area contributed by atoms with Gasteiger partial charge in [0.2, 0.25) is 0 Å². The van der Waals surface area contributed by atoms with Gasteiger partial charge in [-0.25, -0.2) is 19.0 Å². The van der Waals surface area contributed by atoms with Gasteiger partial charge in [-0.1, -0.05) is 12.1 Å². The van der Waals surface area contributed by atoms with E-state index in [9.17, 15) is 9.50 Å². The van der Waals surface area contributed by atoms with Crippen molar-refractivity contribution in [1.82, 2.24) is 19.7 Å². The van der Waals surface area contributed by atoms with Crippen LogP contribution in [0.15, 0.2) is 42.3 Å². The van der Waals surface area contributed by atoms with Crippen LogP contribution >= 0.6 is 11.3 Å². The summed E-state index contributed by atoms with van der Waals surface area (Å²) < 4.78 is 14.7. The number of aliphatic hydroxyl groups is 1. The van der Waals surface area contributed by atoms with E-state index in [-0.39, 0.29) is 12.4 Å². The number of benzene rings is 1. The third kappa shape index (κ3) is 2.70. The van der Waals surface area contributed by atoms with Crippen LogP contribution in [0.1, 0.15) is 16.3 Å². The van der Waals surface area contributed by atoms with Crippen molar-refractivity contribution in [3.05, 3.63) is 64.4 Å². The maximum atomic E-state index is 13.1. The first-order valence-electron chi connectivity index (χ1n) is 6.31. The number of aryl methyl sites for hydroxylation is 1. The lowest BCUT2D eigenvalue weighted by Crippen LogP contribution is -2.33. The molecule has 108 valence electrons. The van der Waals surface area contributed by atoms with Gasteiger partial charge in [0, 0.05) is 5.38 Å². The molecule has 1 atom stereocenters. The summed E-state index contributed by atoms with van der Waals surface area (Å²) in [6.45, 7) is 2.02. The van der Waals surface area contributed by atoms with Gasteiger partial charge >= 0.3 is 0 Å². The van der Waals surface area contributed by atoms with Crippen molar-refractivity contribution in [1.29, 1.82) is 0 Å². The van der Waals surface area contributed by atoms with E-state index in [1.807, 2.05) is 6.92 Å². The molecule has 0 radical (unpaired) electrons. The Morgan fingerprint density at radius 1 is 1.33 bits per heavy atom. The average molecular weight is 304 g/mol. The van der Waals surface area contributed by atoms with Gasteiger partial charge in [0.1, 0.15) is 18.5 Å². The molecule has 0 bridgehead atoms. The van der Waals surface area contributed by atoms with Gasteiger partial charge in [0.05, 0.1) is 17.2 Å². The van der Waals surface area contributed by atoms with Gasteiger partial charge in [-0.2, -0.15) is 5.10 Å². The topological polar surface area (TPSA) is 63.8 Å². The largest absolute Gasteiger partial charge is 0.377 e. The molecule has 21 heavy (non-hydrogen) atoms. The molecular formula is C14H13FN4OS. The fraction of sp³-hybridized carbons (Fsp3) is 0.214. The minimum atomic E-state index is -1.38. The second kappa shape index (κ2) is 5.34. The highest BCUT2D eigenvalue weighted by molar-refractivity contribution is 7.09. The Kier molecular flexibility index (Phi) is 3.52. The standard InChI is InChI=1S/C14H13FN4OS/c1-10-18-13(6-21-10)14(20,7-19-9-16-8-17-19)11-2-4-12(15)5-3-11/h2-6,8-9,20H,7H2,1H3. The molecule has 7 heteroatoms. The molecule has 5 nitrogen and oxygen atoms in total. The lowest BCUT2D eigenvalue weighted by molar-refractivity contribution is 0.0533. The molecule has 1 N–H and O–H groups in total. The van der Waals surface area contributed by atoms with Crippen molar-refractivity contribution in [2.24, 2.45) is 0 Å². The molecule has 2 aromatic heterocycles. The van der Waals surface area contributed by atoms with Gasteiger partial charge in [0.15, 0.2) is 5.60 Å². The summed E-state index contributed by atoms with van der Waals surface area (Å²) in [7, 11) is 0. The molecule has 3 aromatic rings. The van der Waals surface area contributed by atoms with Crippen molar-refractivity contribution in [3.63, 3.8) is 0 Å². The van der Waals surface area contributed by atoms with E-state index in [1.165, 1.54) is 40.8 Å². The zero-order valence-electron chi connectivity index (χ0n) is 11.3. The SMILES string of the molecule is Cc1nc(C(O)(Cn2cncn2)c2ccc(F)cc2)cs1. The molecule has 0 saturated heterocycles. The third-order valence-electron chi connectivity index (χ3n) is 3.22. The first-order valence-corrected chi connectivity index (χ1v) is 7.19. The number of rotatable bonds is 4. The molecule has 0 aliphatic carbocycles. The van der Waals surface area contributed by atoms with Crippen LogP contribution < -0.4 is 0 Å². The first kappa shape index (κ1) is 13.8. The van der Waals surface area contributed by atoms with Crippen molar-refractivity contribution in [3.8, 4) is 0 Å². The molecule has 0 amide bonds. The highest BCUT2D eigenvalue weighted by Gasteiger charge is 2.35. The van der Waals surface area contributed by atoms with Crippen molar-refractivity contribution < 1.29 is 9.50 Å². The van der Waals surface area contributed by atoms with E-state index >= 15 is 0 Å². The summed E-state index contributed by atoms with van der Waals surface area (Å²) in [5, 5.41) is 17.8. The molecule has 0 fully saturated rings. The zero-order valence-corrected chi connectivity index (χ0v) is 12.1. The van der Waals surface area contributed by atoms with Crippen LogP contribution in [0, 0.1) is 12.7 Å². The van der Waals surface area contributed by atoms with Crippen LogP contribution in [-0.4, -0.2) is 24.9 Å². The Morgan fingerprint density at radius 3 is 2.67 bits per heavy atom. The highest BCUT2D eigenvalue weighted by atomic mass is 32.1. The smallest absolute Gasteiger partial charge is 0.152 e. The Morgan fingerprint density at radius 2 is 2.10 bits per heavy atom. The first-order chi connectivity index (χ1) is 10.1. The van der Waals surface area contributed by atoms with Gasteiger partial charge in [-0.3, -0.25) is 0 Å². The Labute approximate surface area is 124 Å². The predicted octanol–water partition coefficient (Wildman–Crippen LogP) is 2.12. The lowest BCUT2D eigenvalue weighted by atomic mass is 9.91. The average Bonchev–Trinajstić information content (AvgIpc) is 3.11. The number of nitrogens with zero attached hydrogens (tertiary/aromatic N) is 4. The normalized spacial score (nSPS) is 14.0. The minimum Gasteiger partial charge on any atom is -0.377 e. The van der Waals surface area contributed by atoms with E-state index < -0.39 is 5.60 Å². The van der Waals surface area contributed by atoms with Crippen LogP contribution in [0.5, 0.6) is 0 Å². The van der Waals surface area contributed by atoms with E-state index in [4.69, 9.17) is 0 Å². The molecule has 1 unspecified atom stereocenters. The monoisotopic (exact) mass is 304 g/mol. The number of aromatic nitrogens is 4. The number of hydrogen-bond donors (Lipinski definition) is 1. The van der Waals surface area contributed by atoms with Crippen LogP contribution in [0.3, 0.4) is 0 Å². The molecule has 1 aromatic carbocycles. The second-order valence-electron chi connectivity index (χ2n) is 4.71. The van der Waals surface area contributed by atoms with Crippen molar-refractivity contribution >= 4 is 11.3 Å². The zero-order chi connectivity index (χ0) is 14.9. The van der Waals surface area contributed by atoms with Crippen molar-refractivity contribution in [2.75, 3.05) is 0 Å². The van der Waals surface area contributed by atoms with Crippen LogP contribution in [0.25, 0.3) is 0 Å². The molecule has 0 aliphatic rings. The number of halogens is 1. The summed E-state index contributed by atoms with van der Waals surface area (Å²) >= 11 is 1.45. The Bertz CT molecular complexity index is 726. The fourth-order valence-corrected chi connectivity index (χ4v) is 2.83. The van der Waals surface area contributed by atoms with E-state index in [0.717, 1.165) is 5.01 Å². The maximum absolute atomic E-state index is 13.1. The molecular weight excluding hydrogens is 291 g/mol. The van der Waals surface area contributed by atoms with Gasteiger partial charge < -0.3 is 5.11 Å². The number of hydrogen-bond acceptors (Lipinski definition) is 5. The Hall–Kier alpha value is -2.12. The van der Waals surface area contributed by atoms with Crippen LogP contribution in [0.2, 0.25) is 0 Å². The maximum Gasteiger partial charge on any atom is 0.152 e. The second-order valence-corrected chi connectivity index (χ2v) is 5.77. The summed E-state index contributed by atoms with van der Waals surface area (Å²) in [6.07, 6.45) is 2.92. The summed E-state index contributed by atoms with van der Waals surface area (Å²) in [5.74, 6) is -0.351. The molecule has 0 aliphatic heterocycles. The van der Waals surface area contributed by atoms with Crippen LogP contribution in [-0.2, 0) is 12.1 Å². The lowest BCUT2D eigenvalue weighted by Gasteiger charge is -2.26. The van der Waals surface area contributed by atoms with Gasteiger partial charge in [-0.15, -0.1) is 11.3 Å². The summed E-state index contributed by atoms with van der Waals surface area (Å²) in [4.78, 5) is 8.25. The predicted molar refractivity (Wildman–Crippen MR) is 76.3 cm³/mol. The third-order valence-corrected chi connectivity index (χ3v) is 4.00. The van der Waals surface area contributed by atoms with E-state index in [1.54, 1.807) is 17.5 Å².